The van der Waals surface area contributed by atoms with Gasteiger partial charge >= 0.3 is 0 Å². The van der Waals surface area contributed by atoms with Crippen molar-refractivity contribution < 1.29 is 18.5 Å². The first kappa shape index (κ1) is 23.2. The molecule has 0 saturated heterocycles. The average molecular weight is 483 g/mol. The Balaban J connectivity index is 1.75. The number of hydrogen-bond acceptors (Lipinski definition) is 4. The lowest BCUT2D eigenvalue weighted by Gasteiger charge is -2.23. The first-order valence-corrected chi connectivity index (χ1v) is 12.0. The molecule has 0 spiro atoms. The SMILES string of the molecule is COCCCNC(=O)c1ccc2c(c1)N(Cc1ccc(Cl)cc1)C(=O)c1ccccc1[S@@]2=O. The quantitative estimate of drug-likeness (QED) is 0.505. The molecule has 0 radical (unpaired) electrons. The van der Waals surface area contributed by atoms with Crippen LogP contribution in [0.3, 0.4) is 0 Å². The van der Waals surface area contributed by atoms with E-state index in [1.165, 1.54) is 0 Å². The van der Waals surface area contributed by atoms with E-state index in [1.807, 2.05) is 12.1 Å². The lowest BCUT2D eigenvalue weighted by atomic mass is 10.1. The van der Waals surface area contributed by atoms with E-state index in [1.54, 1.807) is 66.6 Å². The van der Waals surface area contributed by atoms with E-state index < -0.39 is 10.8 Å². The molecule has 33 heavy (non-hydrogen) atoms. The molecule has 4 rings (SSSR count). The van der Waals surface area contributed by atoms with Crippen LogP contribution in [0, 0.1) is 0 Å². The summed E-state index contributed by atoms with van der Waals surface area (Å²) in [4.78, 5) is 28.8. The molecule has 170 valence electrons. The molecule has 2 amide bonds. The Morgan fingerprint density at radius 3 is 2.58 bits per heavy atom. The predicted molar refractivity (Wildman–Crippen MR) is 128 cm³/mol. The molecule has 1 aliphatic heterocycles. The number of nitrogens with zero attached hydrogens (tertiary/aromatic N) is 1. The van der Waals surface area contributed by atoms with Crippen molar-refractivity contribution in [2.24, 2.45) is 0 Å². The molecule has 1 N–H and O–H groups in total. The van der Waals surface area contributed by atoms with Gasteiger partial charge in [-0.3, -0.25) is 9.59 Å². The van der Waals surface area contributed by atoms with Gasteiger partial charge < -0.3 is 15.0 Å². The number of carbonyl (C=O) groups is 2. The summed E-state index contributed by atoms with van der Waals surface area (Å²) in [6.07, 6.45) is 0.688. The summed E-state index contributed by atoms with van der Waals surface area (Å²) in [6.45, 7) is 1.26. The van der Waals surface area contributed by atoms with Gasteiger partial charge in [-0.25, -0.2) is 4.21 Å². The molecular formula is C25H23ClN2O4S. The van der Waals surface area contributed by atoms with E-state index in [2.05, 4.69) is 5.32 Å². The number of anilines is 1. The zero-order valence-corrected chi connectivity index (χ0v) is 19.6. The smallest absolute Gasteiger partial charge is 0.259 e. The Labute approximate surface area is 200 Å². The molecule has 0 unspecified atom stereocenters. The van der Waals surface area contributed by atoms with E-state index in [9.17, 15) is 13.8 Å². The molecule has 8 heteroatoms. The van der Waals surface area contributed by atoms with E-state index in [4.69, 9.17) is 16.3 Å². The summed E-state index contributed by atoms with van der Waals surface area (Å²) < 4.78 is 18.5. The number of methoxy groups -OCH3 is 1. The van der Waals surface area contributed by atoms with Crippen LogP contribution in [0.1, 0.15) is 32.7 Å². The molecule has 1 atom stereocenters. The Morgan fingerprint density at radius 2 is 1.82 bits per heavy atom. The minimum Gasteiger partial charge on any atom is -0.385 e. The third-order valence-corrected chi connectivity index (χ3v) is 7.09. The van der Waals surface area contributed by atoms with Gasteiger partial charge in [-0.1, -0.05) is 35.9 Å². The highest BCUT2D eigenvalue weighted by molar-refractivity contribution is 7.85. The largest absolute Gasteiger partial charge is 0.385 e. The number of benzene rings is 3. The van der Waals surface area contributed by atoms with Crippen molar-refractivity contribution in [3.05, 3.63) is 88.4 Å². The molecular weight excluding hydrogens is 460 g/mol. The Hall–Kier alpha value is -3.00. The second-order valence-electron chi connectivity index (χ2n) is 7.57. The van der Waals surface area contributed by atoms with Crippen molar-refractivity contribution in [1.29, 1.82) is 0 Å². The van der Waals surface area contributed by atoms with Gasteiger partial charge in [0.15, 0.2) is 0 Å². The van der Waals surface area contributed by atoms with Crippen LogP contribution >= 0.6 is 11.6 Å². The first-order valence-electron chi connectivity index (χ1n) is 10.5. The van der Waals surface area contributed by atoms with Crippen LogP contribution in [0.25, 0.3) is 0 Å². The maximum atomic E-state index is 13.6. The van der Waals surface area contributed by atoms with Gasteiger partial charge in [-0.2, -0.15) is 0 Å². The lowest BCUT2D eigenvalue weighted by Crippen LogP contribution is -2.31. The van der Waals surface area contributed by atoms with E-state index in [-0.39, 0.29) is 18.4 Å². The fourth-order valence-corrected chi connectivity index (χ4v) is 5.13. The number of halogens is 1. The maximum Gasteiger partial charge on any atom is 0.259 e. The van der Waals surface area contributed by atoms with Crippen LogP contribution in [0.15, 0.2) is 76.5 Å². The zero-order chi connectivity index (χ0) is 23.4. The van der Waals surface area contributed by atoms with Crippen molar-refractivity contribution >= 4 is 39.9 Å². The van der Waals surface area contributed by atoms with Gasteiger partial charge in [-0.05, 0) is 54.4 Å². The molecule has 0 saturated carbocycles. The van der Waals surface area contributed by atoms with Crippen LogP contribution in [0.2, 0.25) is 5.02 Å². The molecule has 1 aliphatic rings. The van der Waals surface area contributed by atoms with Gasteiger partial charge in [0.05, 0.1) is 38.4 Å². The highest BCUT2D eigenvalue weighted by Crippen LogP contribution is 2.36. The second-order valence-corrected chi connectivity index (χ2v) is 9.42. The molecule has 0 bridgehead atoms. The van der Waals surface area contributed by atoms with Gasteiger partial charge in [0, 0.05) is 30.8 Å². The normalized spacial score (nSPS) is 14.9. The van der Waals surface area contributed by atoms with Crippen molar-refractivity contribution in [3.63, 3.8) is 0 Å². The van der Waals surface area contributed by atoms with Crippen LogP contribution < -0.4 is 10.2 Å². The summed E-state index contributed by atoms with van der Waals surface area (Å²) >= 11 is 6.02. The number of amides is 2. The van der Waals surface area contributed by atoms with Gasteiger partial charge in [0.1, 0.15) is 0 Å². The third-order valence-electron chi connectivity index (χ3n) is 5.34. The number of nitrogens with one attached hydrogen (secondary N) is 1. The van der Waals surface area contributed by atoms with Crippen molar-refractivity contribution in [2.75, 3.05) is 25.2 Å². The van der Waals surface area contributed by atoms with E-state index in [0.717, 1.165) is 5.56 Å². The maximum absolute atomic E-state index is 13.6. The first-order chi connectivity index (χ1) is 16.0. The van der Waals surface area contributed by atoms with Crippen molar-refractivity contribution in [1.82, 2.24) is 5.32 Å². The fraction of sp³-hybridized carbons (Fsp3) is 0.200. The van der Waals surface area contributed by atoms with Crippen LogP contribution in [0.5, 0.6) is 0 Å². The van der Waals surface area contributed by atoms with Gasteiger partial charge in [0.2, 0.25) is 0 Å². The predicted octanol–water partition coefficient (Wildman–Crippen LogP) is 4.43. The van der Waals surface area contributed by atoms with Crippen LogP contribution in [-0.4, -0.2) is 36.3 Å². The summed E-state index contributed by atoms with van der Waals surface area (Å²) in [6, 6.07) is 19.1. The zero-order valence-electron chi connectivity index (χ0n) is 18.0. The van der Waals surface area contributed by atoms with E-state index >= 15 is 0 Å². The molecule has 3 aromatic rings. The topological polar surface area (TPSA) is 75.7 Å². The van der Waals surface area contributed by atoms with E-state index in [0.29, 0.717) is 51.2 Å². The molecule has 1 heterocycles. The average Bonchev–Trinajstić information content (AvgIpc) is 2.92. The molecule has 0 aliphatic carbocycles. The molecule has 6 nitrogen and oxygen atoms in total. The summed E-state index contributed by atoms with van der Waals surface area (Å²) in [5, 5.41) is 3.45. The number of ether oxygens (including phenoxy) is 1. The Morgan fingerprint density at radius 1 is 1.06 bits per heavy atom. The van der Waals surface area contributed by atoms with Gasteiger partial charge in [0.25, 0.3) is 11.8 Å². The fourth-order valence-electron chi connectivity index (χ4n) is 3.65. The lowest BCUT2D eigenvalue weighted by molar-refractivity contribution is 0.0945. The van der Waals surface area contributed by atoms with Crippen molar-refractivity contribution in [3.8, 4) is 0 Å². The number of rotatable bonds is 7. The number of carbonyl (C=O) groups excluding carboxylic acids is 2. The van der Waals surface area contributed by atoms with Crippen LogP contribution in [-0.2, 0) is 22.1 Å². The minimum atomic E-state index is -1.57. The number of fused-ring (bicyclic) bond motifs is 2. The standard InChI is InChI=1S/C25H23ClN2O4S/c1-32-14-4-13-27-24(29)18-9-12-23-21(15-18)28(16-17-7-10-19(26)11-8-17)25(30)20-5-2-3-6-22(20)33(23)31/h2-3,5-12,15H,4,13-14,16H2,1H3,(H,27,29)/t33-/m0/s1. The molecule has 0 aromatic heterocycles. The van der Waals surface area contributed by atoms with Crippen molar-refractivity contribution in [2.45, 2.75) is 22.8 Å². The Kier molecular flexibility index (Phi) is 7.23. The highest BCUT2D eigenvalue weighted by Gasteiger charge is 2.31. The second kappa shape index (κ2) is 10.3. The van der Waals surface area contributed by atoms with Gasteiger partial charge in [-0.15, -0.1) is 0 Å². The molecule has 0 fully saturated rings. The molecule has 3 aromatic carbocycles. The monoisotopic (exact) mass is 482 g/mol. The van der Waals surface area contributed by atoms with Crippen LogP contribution in [0.4, 0.5) is 5.69 Å². The Bertz CT molecular complexity index is 1210. The highest BCUT2D eigenvalue weighted by atomic mass is 35.5. The summed E-state index contributed by atoms with van der Waals surface area (Å²) in [7, 11) is 0.0379. The number of hydrogen-bond donors (Lipinski definition) is 1. The summed E-state index contributed by atoms with van der Waals surface area (Å²) in [5.41, 5.74) is 2.09. The summed E-state index contributed by atoms with van der Waals surface area (Å²) in [5.74, 6) is -0.536. The third kappa shape index (κ3) is 5.00. The minimum absolute atomic E-state index is 0.243.